The summed E-state index contributed by atoms with van der Waals surface area (Å²) >= 11 is 0. The van der Waals surface area contributed by atoms with Crippen LogP contribution in [0.15, 0.2) is 100 Å². The van der Waals surface area contributed by atoms with Gasteiger partial charge < -0.3 is 4.74 Å². The third-order valence-electron chi connectivity index (χ3n) is 11.1. The summed E-state index contributed by atoms with van der Waals surface area (Å²) in [7, 11) is -8.22. The monoisotopic (exact) mass is 616 g/mol. The Kier molecular flexibility index (Phi) is 5.71. The van der Waals surface area contributed by atoms with E-state index in [1.54, 1.807) is 48.5 Å². The highest BCUT2D eigenvalue weighted by Gasteiger charge is 2.83. The molecule has 7 nitrogen and oxygen atoms in total. The van der Waals surface area contributed by atoms with Crippen LogP contribution in [0.25, 0.3) is 0 Å². The zero-order chi connectivity index (χ0) is 29.8. The van der Waals surface area contributed by atoms with Crippen molar-refractivity contribution in [2.24, 2.45) is 5.41 Å². The number of piperidine rings is 1. The first-order valence-electron chi connectivity index (χ1n) is 15.3. The third kappa shape index (κ3) is 3.18. The number of hydrogen-bond donors (Lipinski definition) is 0. The van der Waals surface area contributed by atoms with E-state index in [1.807, 2.05) is 44.2 Å². The van der Waals surface area contributed by atoms with Crippen LogP contribution >= 0.6 is 0 Å². The lowest BCUT2D eigenvalue weighted by Gasteiger charge is -2.68. The maximum Gasteiger partial charge on any atom is 0.265 e. The Bertz CT molecular complexity index is 1870. The van der Waals surface area contributed by atoms with Gasteiger partial charge in [0.15, 0.2) is 9.84 Å². The van der Waals surface area contributed by atoms with Gasteiger partial charge in [0.25, 0.3) is 10.0 Å². The van der Waals surface area contributed by atoms with Crippen LogP contribution in [0.2, 0.25) is 0 Å². The predicted octanol–water partition coefficient (Wildman–Crippen LogP) is 5.22. The molecule has 3 aromatic carbocycles. The van der Waals surface area contributed by atoms with Gasteiger partial charge >= 0.3 is 0 Å². The van der Waals surface area contributed by atoms with Crippen molar-refractivity contribution in [2.75, 3.05) is 24.0 Å². The Morgan fingerprint density at radius 1 is 0.860 bits per heavy atom. The van der Waals surface area contributed by atoms with Gasteiger partial charge in [-0.25, -0.2) is 16.8 Å². The lowest BCUT2D eigenvalue weighted by molar-refractivity contribution is -0.0702. The Morgan fingerprint density at radius 3 is 2.33 bits per heavy atom. The number of nitrogens with zero attached hydrogens (tertiary/aromatic N) is 2. The van der Waals surface area contributed by atoms with E-state index in [-0.39, 0.29) is 15.8 Å². The molecule has 9 rings (SSSR count). The van der Waals surface area contributed by atoms with Crippen LogP contribution in [0.3, 0.4) is 0 Å². The van der Waals surface area contributed by atoms with Crippen molar-refractivity contribution in [3.05, 3.63) is 102 Å². The molecule has 0 aromatic heterocycles. The van der Waals surface area contributed by atoms with Crippen molar-refractivity contribution >= 4 is 25.5 Å². The number of rotatable bonds is 6. The normalized spacial score (nSPS) is 32.6. The largest absolute Gasteiger partial charge is 0.498 e. The summed E-state index contributed by atoms with van der Waals surface area (Å²) in [5, 5.41) is -1.01. The summed E-state index contributed by atoms with van der Waals surface area (Å²) in [5.41, 5.74) is -0.244. The average Bonchev–Trinajstić information content (AvgIpc) is 3.54. The molecule has 0 radical (unpaired) electrons. The SMILES string of the molecule is CCOC1=C[C@]23C(S(=O)(=O)c4ccccc4)C[C@]14CCCN1CC[C@@]2(c2ccccc2N3S(=O)(=O)c2ccc(C)cc2)[C@@H]14. The third-order valence-corrected chi connectivity index (χ3v) is 15.1. The fourth-order valence-electron chi connectivity index (χ4n) is 9.73. The summed E-state index contributed by atoms with van der Waals surface area (Å²) < 4.78 is 68.2. The van der Waals surface area contributed by atoms with Crippen LogP contribution in [0.1, 0.15) is 43.7 Å². The molecule has 3 aliphatic heterocycles. The molecule has 224 valence electrons. The number of sulfone groups is 1. The number of benzene rings is 3. The molecule has 2 bridgehead atoms. The summed E-state index contributed by atoms with van der Waals surface area (Å²) in [6.45, 7) is 5.99. The molecule has 3 aliphatic carbocycles. The molecule has 3 fully saturated rings. The van der Waals surface area contributed by atoms with Crippen LogP contribution in [0.4, 0.5) is 5.69 Å². The van der Waals surface area contributed by atoms with E-state index < -0.39 is 41.5 Å². The van der Waals surface area contributed by atoms with Gasteiger partial charge in [-0.3, -0.25) is 9.21 Å². The second-order valence-corrected chi connectivity index (χ2v) is 16.8. The molecule has 0 amide bonds. The Hall–Kier alpha value is -3.14. The van der Waals surface area contributed by atoms with E-state index in [1.165, 1.54) is 4.31 Å². The summed E-state index contributed by atoms with van der Waals surface area (Å²) in [4.78, 5) is 2.89. The topological polar surface area (TPSA) is 84.0 Å². The van der Waals surface area contributed by atoms with Crippen LogP contribution in [-0.2, 0) is 30.0 Å². The second kappa shape index (κ2) is 8.96. The van der Waals surface area contributed by atoms with E-state index in [9.17, 15) is 0 Å². The van der Waals surface area contributed by atoms with Crippen LogP contribution < -0.4 is 4.31 Å². The quantitative estimate of drug-likeness (QED) is 0.378. The van der Waals surface area contributed by atoms with Gasteiger partial charge in [-0.2, -0.15) is 0 Å². The van der Waals surface area contributed by atoms with Gasteiger partial charge in [-0.05, 0) is 94.6 Å². The second-order valence-electron chi connectivity index (χ2n) is 12.8. The van der Waals surface area contributed by atoms with Gasteiger partial charge in [-0.15, -0.1) is 0 Å². The molecule has 3 aromatic rings. The predicted molar refractivity (Wildman–Crippen MR) is 165 cm³/mol. The highest BCUT2D eigenvalue weighted by molar-refractivity contribution is 7.93. The van der Waals surface area contributed by atoms with Crippen LogP contribution in [-0.4, -0.2) is 58.3 Å². The minimum absolute atomic E-state index is 0.0677. The van der Waals surface area contributed by atoms with Crippen molar-refractivity contribution in [1.29, 1.82) is 0 Å². The van der Waals surface area contributed by atoms with Crippen molar-refractivity contribution in [3.8, 4) is 0 Å². The standard InChI is InChI=1S/C34H36N2O5S2/c1-3-41-29-22-34-30(42(37,38)25-10-5-4-6-11-25)23-32(29)18-9-20-35-21-19-33(34,31(32)35)27-12-7-8-13-28(27)36(34)43(39,40)26-16-14-24(2)15-17-26/h4-8,10-17,22,30-31H,3,9,18-21,23H2,1-2H3/t30?,31-,32+,33+,34-/m0/s1. The molecular formula is C34H36N2O5S2. The number of sulfonamides is 1. The fraction of sp³-hybridized carbons (Fsp3) is 0.412. The van der Waals surface area contributed by atoms with Gasteiger partial charge in [0.05, 0.1) is 27.3 Å². The van der Waals surface area contributed by atoms with Crippen molar-refractivity contribution in [3.63, 3.8) is 0 Å². The smallest absolute Gasteiger partial charge is 0.265 e. The summed E-state index contributed by atoms with van der Waals surface area (Å²) in [6, 6.07) is 23.1. The summed E-state index contributed by atoms with van der Waals surface area (Å²) in [5.74, 6) is 0.763. The Labute approximate surface area is 254 Å². The Morgan fingerprint density at radius 2 is 1.58 bits per heavy atom. The molecule has 0 N–H and O–H groups in total. The van der Waals surface area contributed by atoms with Crippen LogP contribution in [0, 0.1) is 12.3 Å². The maximum absolute atomic E-state index is 15.1. The highest BCUT2D eigenvalue weighted by Crippen LogP contribution is 2.75. The molecule has 2 saturated heterocycles. The first-order chi connectivity index (χ1) is 20.6. The van der Waals surface area contributed by atoms with Crippen molar-refractivity contribution in [2.45, 2.75) is 71.6 Å². The molecule has 43 heavy (non-hydrogen) atoms. The molecule has 3 spiro atoms. The molecule has 1 unspecified atom stereocenters. The van der Waals surface area contributed by atoms with E-state index >= 15 is 16.8 Å². The maximum atomic E-state index is 15.1. The molecular weight excluding hydrogens is 581 g/mol. The number of fused-ring (bicyclic) bond motifs is 2. The Balaban J connectivity index is 1.51. The number of aryl methyl sites for hydroxylation is 1. The number of hydrogen-bond acceptors (Lipinski definition) is 6. The van der Waals surface area contributed by atoms with E-state index in [0.29, 0.717) is 25.1 Å². The zero-order valence-electron chi connectivity index (χ0n) is 24.4. The van der Waals surface area contributed by atoms with E-state index in [4.69, 9.17) is 4.74 Å². The fourth-order valence-corrected chi connectivity index (χ4v) is 13.9. The lowest BCUT2D eigenvalue weighted by Crippen LogP contribution is -2.80. The average molecular weight is 617 g/mol. The minimum Gasteiger partial charge on any atom is -0.498 e. The van der Waals surface area contributed by atoms with Crippen molar-refractivity contribution in [1.82, 2.24) is 4.90 Å². The number of ether oxygens (including phenoxy) is 1. The van der Waals surface area contributed by atoms with E-state index in [0.717, 1.165) is 42.8 Å². The molecule has 1 saturated carbocycles. The van der Waals surface area contributed by atoms with Gasteiger partial charge in [0.2, 0.25) is 0 Å². The molecule has 5 atom stereocenters. The van der Waals surface area contributed by atoms with Gasteiger partial charge in [-0.1, -0.05) is 54.1 Å². The number of anilines is 1. The highest BCUT2D eigenvalue weighted by atomic mass is 32.2. The minimum atomic E-state index is -4.22. The zero-order valence-corrected chi connectivity index (χ0v) is 26.1. The molecule has 3 heterocycles. The number of para-hydroxylation sites is 1. The van der Waals surface area contributed by atoms with Gasteiger partial charge in [0.1, 0.15) is 11.3 Å². The van der Waals surface area contributed by atoms with E-state index in [2.05, 4.69) is 11.0 Å². The summed E-state index contributed by atoms with van der Waals surface area (Å²) in [6.07, 6.45) is 4.71. The first kappa shape index (κ1) is 27.4. The lowest BCUT2D eigenvalue weighted by atomic mass is 9.44. The molecule has 6 aliphatic rings. The van der Waals surface area contributed by atoms with Crippen LogP contribution in [0.5, 0.6) is 0 Å². The molecule has 9 heteroatoms. The van der Waals surface area contributed by atoms with Gasteiger partial charge in [0, 0.05) is 16.9 Å². The first-order valence-corrected chi connectivity index (χ1v) is 18.2. The van der Waals surface area contributed by atoms with Crippen molar-refractivity contribution < 1.29 is 21.6 Å².